The summed E-state index contributed by atoms with van der Waals surface area (Å²) < 4.78 is 11.0. The minimum atomic E-state index is -0.112. The average Bonchev–Trinajstić information content (AvgIpc) is 3.31. The highest BCUT2D eigenvalue weighted by atomic mass is 32.1. The lowest BCUT2D eigenvalue weighted by Gasteiger charge is -2.26. The lowest BCUT2D eigenvalue weighted by molar-refractivity contribution is 0.174. The Kier molecular flexibility index (Phi) is 5.94. The van der Waals surface area contributed by atoms with Gasteiger partial charge in [0.15, 0.2) is 16.6 Å². The van der Waals surface area contributed by atoms with Crippen molar-refractivity contribution in [2.24, 2.45) is 0 Å². The minimum absolute atomic E-state index is 0.112. The maximum atomic E-state index is 13.0. The number of aryl methyl sites for hydroxylation is 2. The standard InChI is InChI=1S/C27H25N3O3S/c1-17-8-10-20-13-21(26(31)29-25(20)18(17)2)15-30(27(34)28-22-6-4-3-5-7-22)14-19-9-11-23-24(12-19)33-16-32-23/h3-13H,14-16H2,1-2H3,(H,28,34)(H,29,31). The van der Waals surface area contributed by atoms with E-state index in [0.717, 1.165) is 39.0 Å². The smallest absolute Gasteiger partial charge is 0.253 e. The fourth-order valence-corrected chi connectivity index (χ4v) is 4.32. The number of aromatic amines is 1. The van der Waals surface area contributed by atoms with Crippen molar-refractivity contribution in [2.75, 3.05) is 12.1 Å². The summed E-state index contributed by atoms with van der Waals surface area (Å²) in [6.07, 6.45) is 0. The van der Waals surface area contributed by atoms with Gasteiger partial charge in [-0.3, -0.25) is 4.79 Å². The highest BCUT2D eigenvalue weighted by Gasteiger charge is 2.18. The van der Waals surface area contributed by atoms with Gasteiger partial charge in [-0.05, 0) is 78.5 Å². The predicted octanol–water partition coefficient (Wildman–Crippen LogP) is 5.27. The number of anilines is 1. The average molecular weight is 472 g/mol. The zero-order valence-corrected chi connectivity index (χ0v) is 19.9. The van der Waals surface area contributed by atoms with Gasteiger partial charge in [-0.15, -0.1) is 0 Å². The molecule has 0 saturated carbocycles. The Morgan fingerprint density at radius 2 is 1.79 bits per heavy atom. The summed E-state index contributed by atoms with van der Waals surface area (Å²) in [7, 11) is 0. The van der Waals surface area contributed by atoms with E-state index < -0.39 is 0 Å². The number of ether oxygens (including phenoxy) is 2. The molecule has 4 aromatic rings. The van der Waals surface area contributed by atoms with Crippen LogP contribution in [0.5, 0.6) is 11.5 Å². The number of nitrogens with one attached hydrogen (secondary N) is 2. The number of fused-ring (bicyclic) bond motifs is 2. The SMILES string of the molecule is Cc1ccc2cc(CN(Cc3ccc4c(c3)OCO4)C(=S)Nc3ccccc3)c(=O)[nH]c2c1C. The number of nitrogens with zero attached hydrogens (tertiary/aromatic N) is 1. The summed E-state index contributed by atoms with van der Waals surface area (Å²) in [5.41, 5.74) is 5.54. The van der Waals surface area contributed by atoms with Crippen LogP contribution in [0.3, 0.4) is 0 Å². The zero-order chi connectivity index (χ0) is 23.7. The Hall–Kier alpha value is -3.84. The fourth-order valence-electron chi connectivity index (χ4n) is 4.08. The molecule has 1 aliphatic rings. The first-order valence-corrected chi connectivity index (χ1v) is 11.5. The Morgan fingerprint density at radius 3 is 2.62 bits per heavy atom. The van der Waals surface area contributed by atoms with Crippen LogP contribution in [0.2, 0.25) is 0 Å². The molecule has 2 heterocycles. The van der Waals surface area contributed by atoms with E-state index in [9.17, 15) is 4.79 Å². The molecule has 34 heavy (non-hydrogen) atoms. The molecule has 0 spiro atoms. The van der Waals surface area contributed by atoms with Crippen molar-refractivity contribution in [3.05, 3.63) is 99.3 Å². The number of hydrogen-bond acceptors (Lipinski definition) is 4. The van der Waals surface area contributed by atoms with E-state index in [2.05, 4.69) is 16.4 Å². The number of thiocarbonyl (C=S) groups is 1. The molecule has 7 heteroatoms. The molecule has 3 aromatic carbocycles. The number of aromatic nitrogens is 1. The largest absolute Gasteiger partial charge is 0.454 e. The van der Waals surface area contributed by atoms with Gasteiger partial charge >= 0.3 is 0 Å². The second-order valence-electron chi connectivity index (χ2n) is 8.44. The van der Waals surface area contributed by atoms with Crippen LogP contribution in [-0.2, 0) is 13.1 Å². The third kappa shape index (κ3) is 4.47. The van der Waals surface area contributed by atoms with E-state index in [1.807, 2.05) is 79.4 Å². The summed E-state index contributed by atoms with van der Waals surface area (Å²) >= 11 is 5.78. The molecule has 6 nitrogen and oxygen atoms in total. The van der Waals surface area contributed by atoms with Crippen molar-refractivity contribution in [2.45, 2.75) is 26.9 Å². The Balaban J connectivity index is 1.47. The number of hydrogen-bond donors (Lipinski definition) is 2. The van der Waals surface area contributed by atoms with Gasteiger partial charge in [0.1, 0.15) is 0 Å². The first kappa shape index (κ1) is 22.0. The molecule has 0 atom stereocenters. The summed E-state index contributed by atoms with van der Waals surface area (Å²) in [6.45, 7) is 5.15. The number of para-hydroxylation sites is 1. The molecule has 0 saturated heterocycles. The molecule has 0 radical (unpaired) electrons. The molecule has 0 amide bonds. The Bertz CT molecular complexity index is 1430. The van der Waals surface area contributed by atoms with Gasteiger partial charge in [0, 0.05) is 17.8 Å². The van der Waals surface area contributed by atoms with Crippen molar-refractivity contribution in [1.82, 2.24) is 9.88 Å². The molecular weight excluding hydrogens is 446 g/mol. The maximum Gasteiger partial charge on any atom is 0.253 e. The van der Waals surface area contributed by atoms with Crippen LogP contribution >= 0.6 is 12.2 Å². The van der Waals surface area contributed by atoms with Gasteiger partial charge in [-0.1, -0.05) is 36.4 Å². The first-order valence-electron chi connectivity index (χ1n) is 11.1. The van der Waals surface area contributed by atoms with Crippen molar-refractivity contribution in [3.8, 4) is 11.5 Å². The molecule has 2 N–H and O–H groups in total. The number of benzene rings is 3. The van der Waals surface area contributed by atoms with Crippen LogP contribution in [0.4, 0.5) is 5.69 Å². The highest BCUT2D eigenvalue weighted by Crippen LogP contribution is 2.33. The van der Waals surface area contributed by atoms with E-state index in [4.69, 9.17) is 21.7 Å². The van der Waals surface area contributed by atoms with Gasteiger partial charge in [0.25, 0.3) is 5.56 Å². The fraction of sp³-hybridized carbons (Fsp3) is 0.185. The Morgan fingerprint density at radius 1 is 1.00 bits per heavy atom. The van der Waals surface area contributed by atoms with Gasteiger partial charge in [0.2, 0.25) is 6.79 Å². The molecular formula is C27H25N3O3S. The van der Waals surface area contributed by atoms with Crippen molar-refractivity contribution >= 4 is 33.9 Å². The van der Waals surface area contributed by atoms with Crippen LogP contribution in [0.25, 0.3) is 10.9 Å². The molecule has 0 unspecified atom stereocenters. The van der Waals surface area contributed by atoms with E-state index in [0.29, 0.717) is 29.5 Å². The molecule has 1 aliphatic heterocycles. The van der Waals surface area contributed by atoms with Gasteiger partial charge < -0.3 is 24.7 Å². The summed E-state index contributed by atoms with van der Waals surface area (Å²) in [4.78, 5) is 18.1. The second kappa shape index (κ2) is 9.19. The topological polar surface area (TPSA) is 66.6 Å². The quantitative estimate of drug-likeness (QED) is 0.387. The first-order chi connectivity index (χ1) is 16.5. The van der Waals surface area contributed by atoms with Crippen molar-refractivity contribution < 1.29 is 9.47 Å². The predicted molar refractivity (Wildman–Crippen MR) is 139 cm³/mol. The third-order valence-electron chi connectivity index (χ3n) is 6.11. The van der Waals surface area contributed by atoms with Gasteiger partial charge in [-0.25, -0.2) is 0 Å². The van der Waals surface area contributed by atoms with Gasteiger partial charge in [0.05, 0.1) is 12.1 Å². The van der Waals surface area contributed by atoms with E-state index >= 15 is 0 Å². The van der Waals surface area contributed by atoms with Crippen LogP contribution in [-0.4, -0.2) is 21.8 Å². The van der Waals surface area contributed by atoms with E-state index in [1.165, 1.54) is 0 Å². The van der Waals surface area contributed by atoms with Crippen molar-refractivity contribution in [1.29, 1.82) is 0 Å². The van der Waals surface area contributed by atoms with E-state index in [1.54, 1.807) is 0 Å². The zero-order valence-electron chi connectivity index (χ0n) is 19.1. The lowest BCUT2D eigenvalue weighted by Crippen LogP contribution is -2.35. The van der Waals surface area contributed by atoms with E-state index in [-0.39, 0.29) is 12.4 Å². The van der Waals surface area contributed by atoms with Crippen molar-refractivity contribution in [3.63, 3.8) is 0 Å². The molecule has 0 fully saturated rings. The maximum absolute atomic E-state index is 13.0. The lowest BCUT2D eigenvalue weighted by atomic mass is 10.0. The molecule has 172 valence electrons. The molecule has 0 aliphatic carbocycles. The Labute approximate surface area is 203 Å². The number of H-pyrrole nitrogens is 1. The second-order valence-corrected chi connectivity index (χ2v) is 8.82. The molecule has 5 rings (SSSR count). The molecule has 0 bridgehead atoms. The van der Waals surface area contributed by atoms with Crippen LogP contribution < -0.4 is 20.3 Å². The molecule has 1 aromatic heterocycles. The third-order valence-corrected chi connectivity index (χ3v) is 6.47. The summed E-state index contributed by atoms with van der Waals surface area (Å²) in [5, 5.41) is 4.83. The summed E-state index contributed by atoms with van der Waals surface area (Å²) in [6, 6.07) is 21.7. The van der Waals surface area contributed by atoms with Gasteiger partial charge in [-0.2, -0.15) is 0 Å². The number of pyridine rings is 1. The van der Waals surface area contributed by atoms with Crippen LogP contribution in [0, 0.1) is 13.8 Å². The van der Waals surface area contributed by atoms with Crippen LogP contribution in [0.1, 0.15) is 22.3 Å². The monoisotopic (exact) mass is 471 g/mol. The summed E-state index contributed by atoms with van der Waals surface area (Å²) in [5.74, 6) is 1.45. The highest BCUT2D eigenvalue weighted by molar-refractivity contribution is 7.80. The number of rotatable bonds is 5. The van der Waals surface area contributed by atoms with Crippen LogP contribution in [0.15, 0.2) is 71.5 Å². The minimum Gasteiger partial charge on any atom is -0.454 e. The normalized spacial score (nSPS) is 12.1.